The summed E-state index contributed by atoms with van der Waals surface area (Å²) in [6.07, 6.45) is 3.22. The molecule has 0 radical (unpaired) electrons. The third kappa shape index (κ3) is 3.13. The molecule has 0 N–H and O–H groups in total. The van der Waals surface area contributed by atoms with E-state index in [1.54, 1.807) is 40.4 Å². The Kier molecular flexibility index (Phi) is 4.31. The first kappa shape index (κ1) is 16.2. The molecule has 6 heteroatoms. The van der Waals surface area contributed by atoms with Crippen LogP contribution < -0.4 is 0 Å². The molecule has 3 aromatic rings. The number of amides is 2. The van der Waals surface area contributed by atoms with E-state index in [9.17, 15) is 9.59 Å². The zero-order valence-corrected chi connectivity index (χ0v) is 14.2. The lowest BCUT2D eigenvalue weighted by Gasteiger charge is -2.34. The number of para-hydroxylation sites is 1. The highest BCUT2D eigenvalue weighted by Gasteiger charge is 2.26. The fraction of sp³-hybridized carbons (Fsp3) is 0.200. The first-order valence-electron chi connectivity index (χ1n) is 8.57. The molecule has 1 aromatic carbocycles. The van der Waals surface area contributed by atoms with Crippen molar-refractivity contribution in [3.05, 3.63) is 72.2 Å². The van der Waals surface area contributed by atoms with Gasteiger partial charge in [-0.1, -0.05) is 24.3 Å². The molecule has 1 fully saturated rings. The highest BCUT2D eigenvalue weighted by molar-refractivity contribution is 5.96. The number of rotatable bonds is 2. The molecular weight excluding hydrogens is 328 g/mol. The quantitative estimate of drug-likeness (QED) is 0.714. The number of carbonyl (C=O) groups excluding carboxylic acids is 2. The molecule has 1 aliphatic rings. The summed E-state index contributed by atoms with van der Waals surface area (Å²) in [4.78, 5) is 37.2. The summed E-state index contributed by atoms with van der Waals surface area (Å²) in [7, 11) is 0. The molecule has 130 valence electrons. The largest absolute Gasteiger partial charge is 0.335 e. The number of piperazine rings is 1. The first-order valence-corrected chi connectivity index (χ1v) is 8.57. The van der Waals surface area contributed by atoms with Gasteiger partial charge in [-0.25, -0.2) is 4.98 Å². The van der Waals surface area contributed by atoms with Gasteiger partial charge in [0.1, 0.15) is 5.69 Å². The van der Waals surface area contributed by atoms with E-state index in [0.717, 1.165) is 10.9 Å². The maximum atomic E-state index is 12.7. The summed E-state index contributed by atoms with van der Waals surface area (Å²) in [5.74, 6) is -0.116. The highest BCUT2D eigenvalue weighted by Crippen LogP contribution is 2.15. The zero-order valence-electron chi connectivity index (χ0n) is 14.2. The van der Waals surface area contributed by atoms with Crippen molar-refractivity contribution in [3.8, 4) is 0 Å². The van der Waals surface area contributed by atoms with Crippen molar-refractivity contribution in [2.24, 2.45) is 0 Å². The van der Waals surface area contributed by atoms with Crippen LogP contribution in [0.2, 0.25) is 0 Å². The summed E-state index contributed by atoms with van der Waals surface area (Å²) in [6, 6.07) is 14.8. The molecule has 0 saturated carbocycles. The minimum absolute atomic E-state index is 0.0247. The van der Waals surface area contributed by atoms with Crippen molar-refractivity contribution >= 4 is 22.7 Å². The van der Waals surface area contributed by atoms with E-state index >= 15 is 0 Å². The van der Waals surface area contributed by atoms with E-state index in [-0.39, 0.29) is 11.8 Å². The van der Waals surface area contributed by atoms with E-state index in [2.05, 4.69) is 9.97 Å². The second-order valence-corrected chi connectivity index (χ2v) is 6.21. The second kappa shape index (κ2) is 6.92. The van der Waals surface area contributed by atoms with Crippen molar-refractivity contribution in [1.29, 1.82) is 0 Å². The van der Waals surface area contributed by atoms with Crippen LogP contribution in [0.25, 0.3) is 10.9 Å². The van der Waals surface area contributed by atoms with Gasteiger partial charge in [-0.15, -0.1) is 0 Å². The summed E-state index contributed by atoms with van der Waals surface area (Å²) in [6.45, 7) is 2.04. The number of aromatic nitrogens is 2. The normalized spacial score (nSPS) is 14.5. The molecule has 2 aromatic heterocycles. The molecule has 0 bridgehead atoms. The van der Waals surface area contributed by atoms with E-state index in [0.29, 0.717) is 37.4 Å². The average Bonchev–Trinajstić information content (AvgIpc) is 2.73. The predicted octanol–water partition coefficient (Wildman–Crippen LogP) is 2.23. The van der Waals surface area contributed by atoms with Gasteiger partial charge in [0.05, 0.1) is 5.52 Å². The van der Waals surface area contributed by atoms with Crippen LogP contribution in [-0.4, -0.2) is 57.8 Å². The number of pyridine rings is 2. The standard InChI is InChI=1S/C20H18N4O2/c25-19(16-7-9-21-10-8-16)23-11-13-24(14-12-23)20(26)18-6-5-15-3-1-2-4-17(15)22-18/h1-10H,11-14H2. The maximum Gasteiger partial charge on any atom is 0.272 e. The Labute approximate surface area is 151 Å². The molecule has 0 unspecified atom stereocenters. The van der Waals surface area contributed by atoms with Crippen molar-refractivity contribution in [2.75, 3.05) is 26.2 Å². The minimum Gasteiger partial charge on any atom is -0.335 e. The van der Waals surface area contributed by atoms with E-state index in [1.165, 1.54) is 0 Å². The van der Waals surface area contributed by atoms with Crippen LogP contribution in [0.4, 0.5) is 0 Å². The van der Waals surface area contributed by atoms with Gasteiger partial charge in [-0.2, -0.15) is 0 Å². The van der Waals surface area contributed by atoms with Crippen LogP contribution in [0.1, 0.15) is 20.8 Å². The van der Waals surface area contributed by atoms with Gasteiger partial charge in [0, 0.05) is 49.5 Å². The number of carbonyl (C=O) groups is 2. The van der Waals surface area contributed by atoms with Crippen molar-refractivity contribution in [1.82, 2.24) is 19.8 Å². The summed E-state index contributed by atoms with van der Waals surface area (Å²) in [5, 5.41) is 1.01. The predicted molar refractivity (Wildman–Crippen MR) is 97.8 cm³/mol. The Morgan fingerprint density at radius 2 is 1.42 bits per heavy atom. The molecule has 1 aliphatic heterocycles. The van der Waals surface area contributed by atoms with Crippen LogP contribution in [-0.2, 0) is 0 Å². The zero-order chi connectivity index (χ0) is 17.9. The fourth-order valence-electron chi connectivity index (χ4n) is 3.14. The second-order valence-electron chi connectivity index (χ2n) is 6.21. The van der Waals surface area contributed by atoms with Gasteiger partial charge < -0.3 is 9.80 Å². The third-order valence-electron chi connectivity index (χ3n) is 4.60. The van der Waals surface area contributed by atoms with Gasteiger partial charge in [0.2, 0.25) is 0 Å². The SMILES string of the molecule is O=C(c1ccncc1)N1CCN(C(=O)c2ccc3ccccc3n2)CC1. The third-order valence-corrected chi connectivity index (χ3v) is 4.60. The highest BCUT2D eigenvalue weighted by atomic mass is 16.2. The number of benzene rings is 1. The molecule has 4 rings (SSSR count). The van der Waals surface area contributed by atoms with Crippen LogP contribution in [0.5, 0.6) is 0 Å². The molecule has 0 atom stereocenters. The van der Waals surface area contributed by atoms with Crippen LogP contribution >= 0.6 is 0 Å². The van der Waals surface area contributed by atoms with Crippen LogP contribution in [0, 0.1) is 0 Å². The van der Waals surface area contributed by atoms with E-state index < -0.39 is 0 Å². The lowest BCUT2D eigenvalue weighted by Crippen LogP contribution is -2.50. The van der Waals surface area contributed by atoms with E-state index in [4.69, 9.17) is 0 Å². The Hall–Kier alpha value is -3.28. The monoisotopic (exact) mass is 346 g/mol. The molecule has 0 spiro atoms. The van der Waals surface area contributed by atoms with Gasteiger partial charge in [-0.3, -0.25) is 14.6 Å². The summed E-state index contributed by atoms with van der Waals surface area (Å²) in [5.41, 5.74) is 1.87. The minimum atomic E-state index is -0.0910. The van der Waals surface area contributed by atoms with E-state index in [1.807, 2.05) is 30.3 Å². The van der Waals surface area contributed by atoms with Crippen LogP contribution in [0.3, 0.4) is 0 Å². The maximum absolute atomic E-state index is 12.7. The molecule has 1 saturated heterocycles. The molecule has 26 heavy (non-hydrogen) atoms. The summed E-state index contributed by atoms with van der Waals surface area (Å²) >= 11 is 0. The van der Waals surface area contributed by atoms with Gasteiger partial charge >= 0.3 is 0 Å². The van der Waals surface area contributed by atoms with Gasteiger partial charge in [-0.05, 0) is 24.3 Å². The Morgan fingerprint density at radius 3 is 2.15 bits per heavy atom. The van der Waals surface area contributed by atoms with Crippen LogP contribution in [0.15, 0.2) is 60.9 Å². The average molecular weight is 346 g/mol. The number of fused-ring (bicyclic) bond motifs is 1. The van der Waals surface area contributed by atoms with Crippen molar-refractivity contribution in [2.45, 2.75) is 0 Å². The lowest BCUT2D eigenvalue weighted by atomic mass is 10.2. The van der Waals surface area contributed by atoms with Crippen molar-refractivity contribution in [3.63, 3.8) is 0 Å². The summed E-state index contributed by atoms with van der Waals surface area (Å²) < 4.78 is 0. The topological polar surface area (TPSA) is 66.4 Å². The molecular formula is C20H18N4O2. The Balaban J connectivity index is 1.43. The number of hydrogen-bond acceptors (Lipinski definition) is 4. The number of hydrogen-bond donors (Lipinski definition) is 0. The first-order chi connectivity index (χ1) is 12.7. The Morgan fingerprint density at radius 1 is 0.769 bits per heavy atom. The van der Waals surface area contributed by atoms with Gasteiger partial charge in [0.15, 0.2) is 0 Å². The molecule has 2 amide bonds. The van der Waals surface area contributed by atoms with Crippen molar-refractivity contribution < 1.29 is 9.59 Å². The lowest BCUT2D eigenvalue weighted by molar-refractivity contribution is 0.0532. The Bertz CT molecular complexity index is 950. The fourth-order valence-corrected chi connectivity index (χ4v) is 3.14. The smallest absolute Gasteiger partial charge is 0.272 e. The van der Waals surface area contributed by atoms with Gasteiger partial charge in [0.25, 0.3) is 11.8 Å². The number of nitrogens with zero attached hydrogens (tertiary/aromatic N) is 4. The molecule has 3 heterocycles. The molecule has 6 nitrogen and oxygen atoms in total. The molecule has 0 aliphatic carbocycles.